The molecule has 0 unspecified atom stereocenters. The summed E-state index contributed by atoms with van der Waals surface area (Å²) in [5, 5.41) is 9.37. The molecule has 0 amide bonds. The van der Waals surface area contributed by atoms with E-state index < -0.39 is 28.7 Å². The van der Waals surface area contributed by atoms with Crippen LogP contribution in [0.15, 0.2) is 89.8 Å². The monoisotopic (exact) mass is 603 g/mol. The van der Waals surface area contributed by atoms with Crippen LogP contribution in [-0.4, -0.2) is 49.6 Å². The van der Waals surface area contributed by atoms with Gasteiger partial charge in [-0.2, -0.15) is 4.31 Å². The van der Waals surface area contributed by atoms with E-state index in [1.54, 1.807) is 16.4 Å². The van der Waals surface area contributed by atoms with Crippen LogP contribution in [0.4, 0.5) is 0 Å². The van der Waals surface area contributed by atoms with Crippen LogP contribution < -0.4 is 4.74 Å². The zero-order valence-electron chi connectivity index (χ0n) is 25.3. The maximum absolute atomic E-state index is 13.5. The van der Waals surface area contributed by atoms with E-state index in [1.807, 2.05) is 56.3 Å². The molecule has 7 nitrogen and oxygen atoms in total. The summed E-state index contributed by atoms with van der Waals surface area (Å²) >= 11 is 0. The Bertz CT molecular complexity index is 1580. The maximum Gasteiger partial charge on any atom is 0.341 e. The van der Waals surface area contributed by atoms with Crippen molar-refractivity contribution in [2.75, 3.05) is 19.7 Å². The number of carboxylic acid groups (broad SMARTS) is 1. The summed E-state index contributed by atoms with van der Waals surface area (Å²) in [7, 11) is -3.62. The summed E-state index contributed by atoms with van der Waals surface area (Å²) in [6.45, 7) is 12.8. The molecule has 228 valence electrons. The minimum atomic E-state index is -3.62. The smallest absolute Gasteiger partial charge is 0.341 e. The van der Waals surface area contributed by atoms with E-state index in [4.69, 9.17) is 9.47 Å². The Kier molecular flexibility index (Phi) is 8.84. The fraction of sp³-hybridized carbons (Fsp3) is 0.400. The van der Waals surface area contributed by atoms with Crippen LogP contribution in [0.25, 0.3) is 0 Å². The quantitative estimate of drug-likeness (QED) is 0.280. The van der Waals surface area contributed by atoms with E-state index in [0.29, 0.717) is 36.6 Å². The fourth-order valence-electron chi connectivity index (χ4n) is 6.39. The maximum atomic E-state index is 13.5. The molecule has 3 aromatic carbocycles. The van der Waals surface area contributed by atoms with E-state index in [9.17, 15) is 18.3 Å². The van der Waals surface area contributed by atoms with Crippen LogP contribution in [0.3, 0.4) is 0 Å². The van der Waals surface area contributed by atoms with Crippen LogP contribution in [-0.2, 0) is 25.0 Å². The van der Waals surface area contributed by atoms with Crippen molar-refractivity contribution in [3.63, 3.8) is 0 Å². The van der Waals surface area contributed by atoms with E-state index in [1.165, 1.54) is 0 Å². The topological polar surface area (TPSA) is 93.1 Å². The molecule has 0 radical (unpaired) electrons. The minimum Gasteiger partial charge on any atom is -0.482 e. The molecule has 0 bridgehead atoms. The number of benzene rings is 3. The van der Waals surface area contributed by atoms with Crippen LogP contribution in [0.5, 0.6) is 5.75 Å². The fourth-order valence-corrected chi connectivity index (χ4v) is 7.91. The van der Waals surface area contributed by atoms with E-state index in [-0.39, 0.29) is 23.4 Å². The minimum absolute atomic E-state index is 0.000691. The summed E-state index contributed by atoms with van der Waals surface area (Å²) in [4.78, 5) is 11.7. The van der Waals surface area contributed by atoms with Crippen LogP contribution in [0, 0.1) is 18.8 Å². The zero-order valence-corrected chi connectivity index (χ0v) is 26.1. The van der Waals surface area contributed by atoms with Crippen molar-refractivity contribution in [3.05, 3.63) is 107 Å². The van der Waals surface area contributed by atoms with Crippen LogP contribution in [0.1, 0.15) is 62.0 Å². The molecule has 3 aromatic rings. The molecule has 2 saturated heterocycles. The number of sulfonamides is 1. The Morgan fingerprint density at radius 2 is 1.77 bits per heavy atom. The highest BCUT2D eigenvalue weighted by Crippen LogP contribution is 2.48. The number of ether oxygens (including phenoxy) is 2. The molecule has 43 heavy (non-hydrogen) atoms. The van der Waals surface area contributed by atoms with Crippen molar-refractivity contribution in [2.24, 2.45) is 11.8 Å². The number of carbonyl (C=O) groups is 1. The van der Waals surface area contributed by atoms with Gasteiger partial charge in [-0.05, 0) is 68.0 Å². The Morgan fingerprint density at radius 3 is 2.42 bits per heavy atom. The first kappa shape index (κ1) is 31.0. The second-order valence-corrected chi connectivity index (χ2v) is 14.4. The first-order valence-electron chi connectivity index (χ1n) is 14.8. The number of piperidine rings is 1. The molecule has 0 aliphatic carbocycles. The van der Waals surface area contributed by atoms with Crippen molar-refractivity contribution < 1.29 is 27.8 Å². The molecular formula is C35H41NO6S. The van der Waals surface area contributed by atoms with Gasteiger partial charge in [0.25, 0.3) is 0 Å². The molecule has 2 fully saturated rings. The Labute approximate surface area is 255 Å². The van der Waals surface area contributed by atoms with E-state index in [0.717, 1.165) is 27.8 Å². The van der Waals surface area contributed by atoms with Gasteiger partial charge in [-0.1, -0.05) is 80.1 Å². The summed E-state index contributed by atoms with van der Waals surface area (Å²) in [6.07, 6.45) is 0.711. The molecule has 1 N–H and O–H groups in total. The van der Waals surface area contributed by atoms with Gasteiger partial charge in [0.1, 0.15) is 5.75 Å². The predicted octanol–water partition coefficient (Wildman–Crippen LogP) is 6.52. The molecule has 4 atom stereocenters. The van der Waals surface area contributed by atoms with Crippen molar-refractivity contribution in [1.82, 2.24) is 4.31 Å². The van der Waals surface area contributed by atoms with Gasteiger partial charge in [0, 0.05) is 30.0 Å². The lowest BCUT2D eigenvalue weighted by Gasteiger charge is -2.47. The lowest BCUT2D eigenvalue weighted by molar-refractivity contribution is -0.139. The van der Waals surface area contributed by atoms with Gasteiger partial charge in [0.2, 0.25) is 10.0 Å². The Hall–Kier alpha value is -3.46. The van der Waals surface area contributed by atoms with Crippen molar-refractivity contribution in [3.8, 4) is 5.75 Å². The number of hydrogen-bond donors (Lipinski definition) is 1. The number of carboxylic acids is 1. The van der Waals surface area contributed by atoms with Crippen molar-refractivity contribution >= 4 is 16.0 Å². The van der Waals surface area contributed by atoms with Gasteiger partial charge < -0.3 is 14.6 Å². The molecule has 2 aliphatic rings. The van der Waals surface area contributed by atoms with Gasteiger partial charge >= 0.3 is 5.97 Å². The number of aryl methyl sites for hydroxylation is 1. The number of rotatable bonds is 9. The highest BCUT2D eigenvalue weighted by atomic mass is 32.2. The lowest BCUT2D eigenvalue weighted by atomic mass is 9.74. The van der Waals surface area contributed by atoms with E-state index >= 15 is 0 Å². The molecule has 2 heterocycles. The predicted molar refractivity (Wildman–Crippen MR) is 167 cm³/mol. The van der Waals surface area contributed by atoms with Gasteiger partial charge in [0.15, 0.2) is 6.61 Å². The van der Waals surface area contributed by atoms with Crippen molar-refractivity contribution in [2.45, 2.75) is 63.1 Å². The zero-order chi connectivity index (χ0) is 30.9. The molecule has 0 saturated carbocycles. The summed E-state index contributed by atoms with van der Waals surface area (Å²) in [5.74, 6) is -0.684. The van der Waals surface area contributed by atoms with Gasteiger partial charge in [-0.3, -0.25) is 0 Å². The van der Waals surface area contributed by atoms with Crippen LogP contribution >= 0.6 is 0 Å². The largest absolute Gasteiger partial charge is 0.482 e. The molecular weight excluding hydrogens is 562 g/mol. The number of hydrogen-bond acceptors (Lipinski definition) is 5. The first-order chi connectivity index (χ1) is 20.4. The summed E-state index contributed by atoms with van der Waals surface area (Å²) < 4.78 is 41.2. The molecule has 2 aliphatic heterocycles. The molecule has 5 rings (SSSR count). The van der Waals surface area contributed by atoms with Crippen molar-refractivity contribution in [1.29, 1.82) is 0 Å². The summed E-state index contributed by atoms with van der Waals surface area (Å²) in [6, 6.07) is 23.2. The molecule has 0 spiro atoms. The second kappa shape index (κ2) is 12.3. The molecule has 8 heteroatoms. The Morgan fingerprint density at radius 1 is 1.07 bits per heavy atom. The highest BCUT2D eigenvalue weighted by Gasteiger charge is 2.45. The number of nitrogens with zero attached hydrogens (tertiary/aromatic N) is 1. The number of aliphatic carboxylic acids is 1. The van der Waals surface area contributed by atoms with Crippen LogP contribution in [0.2, 0.25) is 0 Å². The third-order valence-electron chi connectivity index (χ3n) is 9.05. The second-order valence-electron chi connectivity index (χ2n) is 12.4. The highest BCUT2D eigenvalue weighted by molar-refractivity contribution is 7.89. The first-order valence-corrected chi connectivity index (χ1v) is 16.2. The summed E-state index contributed by atoms with van der Waals surface area (Å²) in [5.41, 5.74) is 4.62. The SMILES string of the molecule is C=C(C)[C@@H]1C[C@H]2CN(S(=O)(=O)c3ccc(C)cc3)CC[C@H]2O[C@H]1c1cc(C(C)(C)c2ccccc2)ccc1OCC(=O)O. The number of fused-ring (bicyclic) bond motifs is 1. The normalized spacial score (nSPS) is 22.9. The Balaban J connectivity index is 1.47. The van der Waals surface area contributed by atoms with Gasteiger partial charge in [0.05, 0.1) is 17.1 Å². The van der Waals surface area contributed by atoms with E-state index in [2.05, 4.69) is 38.6 Å². The van der Waals surface area contributed by atoms with Gasteiger partial charge in [-0.25, -0.2) is 13.2 Å². The molecule has 0 aromatic heterocycles. The average molecular weight is 604 g/mol. The van der Waals surface area contributed by atoms with Gasteiger partial charge in [-0.15, -0.1) is 0 Å². The standard InChI is InChI=1S/C35H41NO6S/c1-23(2)29-19-25-21-36(43(39,40)28-14-11-24(3)12-15-28)18-17-31(25)42-34(29)30-20-27(13-16-32(30)41-22-33(37)38)35(4,5)26-9-7-6-8-10-26/h6-16,20,25,29,31,34H,1,17-19,21-22H2,2-5H3,(H,37,38)/t25-,29-,31+,34+/m0/s1. The third kappa shape index (κ3) is 6.42. The lowest BCUT2D eigenvalue weighted by Crippen LogP contribution is -2.50. The third-order valence-corrected chi connectivity index (χ3v) is 10.9. The average Bonchev–Trinajstić information content (AvgIpc) is 2.99.